The van der Waals surface area contributed by atoms with E-state index in [2.05, 4.69) is 14.1 Å². The Labute approximate surface area is 260 Å². The molecule has 5 aliphatic rings. The van der Waals surface area contributed by atoms with Crippen LogP contribution in [0, 0.1) is 23.7 Å². The van der Waals surface area contributed by atoms with Crippen molar-refractivity contribution in [3.63, 3.8) is 0 Å². The number of halogens is 2. The molecule has 0 spiro atoms. The van der Waals surface area contributed by atoms with Gasteiger partial charge < -0.3 is 56.9 Å². The second-order valence-corrected chi connectivity index (χ2v) is 14.3. The van der Waals surface area contributed by atoms with Crippen molar-refractivity contribution in [1.29, 1.82) is 0 Å². The number of piperidine rings is 2. The fourth-order valence-corrected chi connectivity index (χ4v) is 9.11. The first-order chi connectivity index (χ1) is 16.6. The zero-order valence-corrected chi connectivity index (χ0v) is 28.7. The molecule has 36 heavy (non-hydrogen) atoms. The van der Waals surface area contributed by atoms with Crippen molar-refractivity contribution >= 4 is 0 Å². The molecule has 0 radical (unpaired) electrons. The summed E-state index contributed by atoms with van der Waals surface area (Å²) in [5.41, 5.74) is 0. The molecule has 5 fully saturated rings. The minimum atomic E-state index is 0. The maximum absolute atomic E-state index is 2.68. The van der Waals surface area contributed by atoms with Crippen molar-refractivity contribution < 1.29 is 56.9 Å². The van der Waals surface area contributed by atoms with Crippen molar-refractivity contribution in [2.75, 3.05) is 53.4 Å². The normalized spacial score (nSPS) is 40.2. The van der Waals surface area contributed by atoms with Crippen LogP contribution in [0.1, 0.15) is 128 Å². The summed E-state index contributed by atoms with van der Waals surface area (Å²) in [7, 11) is 5.32. The van der Waals surface area contributed by atoms with E-state index in [4.69, 9.17) is 0 Å². The monoisotopic (exact) mass is 728 g/mol. The fraction of sp³-hybridized carbons (Fsp3) is 1.00. The molecule has 0 aromatic rings. The maximum atomic E-state index is 2.68. The van der Waals surface area contributed by atoms with Gasteiger partial charge in [0.25, 0.3) is 0 Å². The third-order valence-electron chi connectivity index (χ3n) is 11.0. The maximum Gasteiger partial charge on any atom is 0.0816 e. The van der Waals surface area contributed by atoms with Crippen LogP contribution in [0.4, 0.5) is 0 Å². The predicted octanol–water partition coefficient (Wildman–Crippen LogP) is 2.21. The molecule has 5 aliphatic heterocycles. The lowest BCUT2D eigenvalue weighted by Crippen LogP contribution is -3.00. The Hall–Kier alpha value is 1.38. The molecule has 0 amide bonds. The van der Waals surface area contributed by atoms with E-state index in [9.17, 15) is 0 Å². The van der Waals surface area contributed by atoms with Crippen LogP contribution < -0.4 is 48.0 Å². The Kier molecular flexibility index (Phi) is 16.1. The van der Waals surface area contributed by atoms with Gasteiger partial charge in [0.15, 0.2) is 0 Å². The van der Waals surface area contributed by atoms with Gasteiger partial charge in [-0.05, 0) is 50.9 Å². The molecular formula is C32H62I2N2. The van der Waals surface area contributed by atoms with Gasteiger partial charge in [-0.15, -0.1) is 0 Å². The van der Waals surface area contributed by atoms with Crippen molar-refractivity contribution in [2.45, 2.75) is 128 Å². The van der Waals surface area contributed by atoms with E-state index in [-0.39, 0.29) is 48.0 Å². The molecule has 4 heteroatoms. The smallest absolute Gasteiger partial charge is 0.0816 e. The summed E-state index contributed by atoms with van der Waals surface area (Å²) in [5, 5.41) is 0. The molecule has 6 bridgehead atoms. The van der Waals surface area contributed by atoms with Gasteiger partial charge in [0.1, 0.15) is 0 Å². The summed E-state index contributed by atoms with van der Waals surface area (Å²) < 4.78 is 2.83. The Bertz CT molecular complexity index is 587. The van der Waals surface area contributed by atoms with Crippen LogP contribution in [0.15, 0.2) is 0 Å². The SMILES string of the molecule is C[N+]12CCCCCCCCCC[C@H]3C[C@@H]4C[N+](C)(CCCCCCCCCC[C@@H](C1)[C@@H]4CC2)C3.[I-].[I-]. The van der Waals surface area contributed by atoms with Crippen LogP contribution in [0.5, 0.6) is 0 Å². The Balaban J connectivity index is 0.00000228. The van der Waals surface area contributed by atoms with Crippen molar-refractivity contribution in [3.05, 3.63) is 0 Å². The van der Waals surface area contributed by atoms with Crippen LogP contribution in [0.3, 0.4) is 0 Å². The molecule has 6 atom stereocenters. The van der Waals surface area contributed by atoms with Gasteiger partial charge in [-0.25, -0.2) is 0 Å². The second-order valence-electron chi connectivity index (χ2n) is 14.3. The Morgan fingerprint density at radius 3 is 1.50 bits per heavy atom. The van der Waals surface area contributed by atoms with Crippen LogP contribution in [-0.4, -0.2) is 62.3 Å². The highest BCUT2D eigenvalue weighted by atomic mass is 127. The zero-order chi connectivity index (χ0) is 23.7. The average Bonchev–Trinajstić information content (AvgIpc) is 2.80. The van der Waals surface area contributed by atoms with Gasteiger partial charge in [-0.2, -0.15) is 0 Å². The molecule has 214 valence electrons. The molecular weight excluding hydrogens is 666 g/mol. The van der Waals surface area contributed by atoms with Gasteiger partial charge in [0, 0.05) is 24.2 Å². The molecule has 0 aromatic heterocycles. The lowest BCUT2D eigenvalue weighted by atomic mass is 9.68. The first-order valence-electron chi connectivity index (χ1n) is 16.2. The van der Waals surface area contributed by atoms with Gasteiger partial charge >= 0.3 is 0 Å². The highest BCUT2D eigenvalue weighted by molar-refractivity contribution is 4.85. The lowest BCUT2D eigenvalue weighted by molar-refractivity contribution is -0.927. The largest absolute Gasteiger partial charge is 1.00 e. The first kappa shape index (κ1) is 33.6. The van der Waals surface area contributed by atoms with Gasteiger partial charge in [0.05, 0.1) is 53.4 Å². The quantitative estimate of drug-likeness (QED) is 0.266. The van der Waals surface area contributed by atoms with E-state index in [1.54, 1.807) is 19.3 Å². The van der Waals surface area contributed by atoms with E-state index in [1.807, 2.05) is 0 Å². The summed E-state index contributed by atoms with van der Waals surface area (Å²) in [6, 6.07) is 0. The summed E-state index contributed by atoms with van der Waals surface area (Å²) in [5.74, 6) is 4.07. The average molecular weight is 729 g/mol. The molecule has 0 aliphatic carbocycles. The molecule has 0 saturated carbocycles. The predicted molar refractivity (Wildman–Crippen MR) is 148 cm³/mol. The van der Waals surface area contributed by atoms with Gasteiger partial charge in [0.2, 0.25) is 0 Å². The van der Waals surface area contributed by atoms with Crippen molar-refractivity contribution in [3.8, 4) is 0 Å². The van der Waals surface area contributed by atoms with Gasteiger partial charge in [-0.1, -0.05) is 77.0 Å². The van der Waals surface area contributed by atoms with Crippen LogP contribution in [0.2, 0.25) is 0 Å². The molecule has 5 rings (SSSR count). The number of fused-ring (bicyclic) bond motifs is 11. The van der Waals surface area contributed by atoms with E-state index < -0.39 is 0 Å². The highest BCUT2D eigenvalue weighted by Crippen LogP contribution is 2.43. The Morgan fingerprint density at radius 2 is 0.889 bits per heavy atom. The molecule has 0 aromatic carbocycles. The molecule has 5 saturated heterocycles. The summed E-state index contributed by atoms with van der Waals surface area (Å²) in [6.45, 7) is 8.94. The second kappa shape index (κ2) is 17.3. The molecule has 0 N–H and O–H groups in total. The summed E-state index contributed by atoms with van der Waals surface area (Å²) in [6.07, 6.45) is 30.2. The summed E-state index contributed by atoms with van der Waals surface area (Å²) in [4.78, 5) is 0. The number of hydrogen-bond acceptors (Lipinski definition) is 0. The minimum absolute atomic E-state index is 0. The summed E-state index contributed by atoms with van der Waals surface area (Å²) >= 11 is 0. The van der Waals surface area contributed by atoms with E-state index in [1.165, 1.54) is 157 Å². The first-order valence-corrected chi connectivity index (χ1v) is 16.2. The standard InChI is InChI=1S/C32H62N2.2HI/c1-33-22-17-13-9-5-3-7-11-15-19-29-25-31-28-34(2,26-29)23-18-14-10-6-4-8-12-16-20-30(27-33)32(31)21-24-33;;/h29-32H,3-28H2,1-2H3;2*1H/q+2;;/p-2/t29-,30-,31+,32-,33?,34?;;/m0../s1. The lowest BCUT2D eigenvalue weighted by Gasteiger charge is -2.52. The van der Waals surface area contributed by atoms with E-state index in [0.717, 1.165) is 23.7 Å². The molecule has 5 heterocycles. The Morgan fingerprint density at radius 1 is 0.417 bits per heavy atom. The minimum Gasteiger partial charge on any atom is -1.00 e. The third kappa shape index (κ3) is 10.7. The molecule has 2 nitrogen and oxygen atoms in total. The van der Waals surface area contributed by atoms with Crippen LogP contribution >= 0.6 is 0 Å². The van der Waals surface area contributed by atoms with E-state index in [0.29, 0.717) is 0 Å². The highest BCUT2D eigenvalue weighted by Gasteiger charge is 2.46. The fourth-order valence-electron chi connectivity index (χ4n) is 9.11. The van der Waals surface area contributed by atoms with E-state index >= 15 is 0 Å². The van der Waals surface area contributed by atoms with Crippen molar-refractivity contribution in [2.24, 2.45) is 23.7 Å². The zero-order valence-electron chi connectivity index (χ0n) is 24.3. The number of rotatable bonds is 0. The number of hydrogen-bond donors (Lipinski definition) is 0. The topological polar surface area (TPSA) is 0 Å². The molecule has 2 unspecified atom stereocenters. The van der Waals surface area contributed by atoms with Crippen molar-refractivity contribution in [1.82, 2.24) is 0 Å². The van der Waals surface area contributed by atoms with Crippen LogP contribution in [-0.2, 0) is 0 Å². The number of nitrogens with zero attached hydrogens (tertiary/aromatic N) is 2. The number of quaternary nitrogens is 2. The van der Waals surface area contributed by atoms with Crippen LogP contribution in [0.25, 0.3) is 0 Å². The third-order valence-corrected chi connectivity index (χ3v) is 11.0. The van der Waals surface area contributed by atoms with Gasteiger partial charge in [-0.3, -0.25) is 0 Å².